The second kappa shape index (κ2) is 6.45. The number of nitrogens with zero attached hydrogens (tertiary/aromatic N) is 2. The summed E-state index contributed by atoms with van der Waals surface area (Å²) in [7, 11) is 0. The van der Waals surface area contributed by atoms with Crippen LogP contribution in [0.25, 0.3) is 0 Å². The molecule has 1 fully saturated rings. The zero-order valence-corrected chi connectivity index (χ0v) is 12.2. The maximum Gasteiger partial charge on any atom is 0.128 e. The van der Waals surface area contributed by atoms with E-state index < -0.39 is 0 Å². The molecule has 1 heterocycles. The van der Waals surface area contributed by atoms with Crippen molar-refractivity contribution in [1.29, 1.82) is 5.26 Å². The van der Waals surface area contributed by atoms with Crippen molar-refractivity contribution in [2.75, 3.05) is 26.2 Å². The molecule has 96 valence electrons. The Hall–Kier alpha value is -0.710. The van der Waals surface area contributed by atoms with Gasteiger partial charge in [-0.25, -0.2) is 4.39 Å². The van der Waals surface area contributed by atoms with E-state index in [1.165, 1.54) is 6.07 Å². The first-order chi connectivity index (χ1) is 8.72. The first-order valence-corrected chi connectivity index (χ1v) is 7.07. The van der Waals surface area contributed by atoms with E-state index in [2.05, 4.69) is 38.9 Å². The van der Waals surface area contributed by atoms with E-state index in [1.54, 1.807) is 6.07 Å². The third-order valence-electron chi connectivity index (χ3n) is 3.19. The standard InChI is InChI=1S/C13H15FIN3/c14-12-2-1-10(15)9-11(12)13(3-4-16)18-7-5-17-6-8-18/h1-2,9,13,17H,3,5-8H2/t13-/m0/s1. The molecule has 0 spiro atoms. The third kappa shape index (κ3) is 3.19. The van der Waals surface area contributed by atoms with Crippen molar-refractivity contribution in [3.8, 4) is 6.07 Å². The highest BCUT2D eigenvalue weighted by Crippen LogP contribution is 2.28. The van der Waals surface area contributed by atoms with Crippen LogP contribution in [-0.4, -0.2) is 31.1 Å². The summed E-state index contributed by atoms with van der Waals surface area (Å²) in [6, 6.07) is 7.13. The highest BCUT2D eigenvalue weighted by atomic mass is 127. The Morgan fingerprint density at radius 2 is 2.17 bits per heavy atom. The van der Waals surface area contributed by atoms with E-state index in [1.807, 2.05) is 6.07 Å². The lowest BCUT2D eigenvalue weighted by molar-refractivity contribution is 0.172. The van der Waals surface area contributed by atoms with E-state index in [0.29, 0.717) is 12.0 Å². The van der Waals surface area contributed by atoms with E-state index in [0.717, 1.165) is 29.7 Å². The summed E-state index contributed by atoms with van der Waals surface area (Å²) in [5.74, 6) is -0.214. The lowest BCUT2D eigenvalue weighted by atomic mass is 10.0. The minimum absolute atomic E-state index is 0.133. The van der Waals surface area contributed by atoms with Gasteiger partial charge in [0.25, 0.3) is 0 Å². The average Bonchev–Trinajstić information content (AvgIpc) is 2.40. The van der Waals surface area contributed by atoms with Crippen molar-refractivity contribution in [3.63, 3.8) is 0 Å². The Kier molecular flexibility index (Phi) is 4.92. The zero-order valence-electron chi connectivity index (χ0n) is 10.00. The molecule has 1 saturated heterocycles. The molecule has 0 unspecified atom stereocenters. The summed E-state index contributed by atoms with van der Waals surface area (Å²) in [5, 5.41) is 12.2. The number of rotatable bonds is 3. The molecule has 0 amide bonds. The normalized spacial score (nSPS) is 18.3. The van der Waals surface area contributed by atoms with Crippen molar-refractivity contribution in [3.05, 3.63) is 33.1 Å². The smallest absolute Gasteiger partial charge is 0.128 e. The first kappa shape index (κ1) is 13.7. The number of benzene rings is 1. The van der Waals surface area contributed by atoms with Gasteiger partial charge in [0.1, 0.15) is 5.82 Å². The lowest BCUT2D eigenvalue weighted by Gasteiger charge is -2.34. The van der Waals surface area contributed by atoms with Gasteiger partial charge < -0.3 is 5.32 Å². The Morgan fingerprint density at radius 3 is 2.83 bits per heavy atom. The van der Waals surface area contributed by atoms with Gasteiger partial charge in [-0.15, -0.1) is 0 Å². The quantitative estimate of drug-likeness (QED) is 0.842. The predicted octanol–water partition coefficient (Wildman–Crippen LogP) is 2.29. The molecule has 3 nitrogen and oxygen atoms in total. The molecule has 0 bridgehead atoms. The van der Waals surface area contributed by atoms with Crippen molar-refractivity contribution in [1.82, 2.24) is 10.2 Å². The fraction of sp³-hybridized carbons (Fsp3) is 0.462. The fourth-order valence-corrected chi connectivity index (χ4v) is 2.80. The molecule has 1 atom stereocenters. The van der Waals surface area contributed by atoms with Crippen LogP contribution in [0.15, 0.2) is 18.2 Å². The lowest BCUT2D eigenvalue weighted by Crippen LogP contribution is -2.45. The summed E-state index contributed by atoms with van der Waals surface area (Å²) in [5.41, 5.74) is 0.644. The number of piperazine rings is 1. The molecule has 1 N–H and O–H groups in total. The highest BCUT2D eigenvalue weighted by molar-refractivity contribution is 14.1. The van der Waals surface area contributed by atoms with Gasteiger partial charge in [0.2, 0.25) is 0 Å². The van der Waals surface area contributed by atoms with Crippen LogP contribution in [0.1, 0.15) is 18.0 Å². The fourth-order valence-electron chi connectivity index (χ4n) is 2.29. The zero-order chi connectivity index (χ0) is 13.0. The Morgan fingerprint density at radius 1 is 1.44 bits per heavy atom. The van der Waals surface area contributed by atoms with E-state index >= 15 is 0 Å². The van der Waals surface area contributed by atoms with Crippen LogP contribution < -0.4 is 5.32 Å². The topological polar surface area (TPSA) is 39.1 Å². The van der Waals surface area contributed by atoms with Gasteiger partial charge in [-0.3, -0.25) is 4.90 Å². The van der Waals surface area contributed by atoms with Crippen LogP contribution in [0.5, 0.6) is 0 Å². The summed E-state index contributed by atoms with van der Waals surface area (Å²) in [6.45, 7) is 3.51. The largest absolute Gasteiger partial charge is 0.314 e. The second-order valence-corrected chi connectivity index (χ2v) is 5.58. The van der Waals surface area contributed by atoms with Gasteiger partial charge >= 0.3 is 0 Å². The maximum absolute atomic E-state index is 13.9. The average molecular weight is 359 g/mol. The van der Waals surface area contributed by atoms with E-state index in [4.69, 9.17) is 5.26 Å². The van der Waals surface area contributed by atoms with Gasteiger partial charge in [0.05, 0.1) is 18.5 Å². The van der Waals surface area contributed by atoms with Gasteiger partial charge in [-0.05, 0) is 40.8 Å². The maximum atomic E-state index is 13.9. The summed E-state index contributed by atoms with van der Waals surface area (Å²) < 4.78 is 14.9. The SMILES string of the molecule is N#CC[C@@H](c1cc(I)ccc1F)N1CCNCC1. The summed E-state index contributed by atoms with van der Waals surface area (Å²) in [4.78, 5) is 2.19. The molecular formula is C13H15FIN3. The predicted molar refractivity (Wildman–Crippen MR) is 76.5 cm³/mol. The van der Waals surface area contributed by atoms with Gasteiger partial charge in [-0.2, -0.15) is 5.26 Å². The second-order valence-electron chi connectivity index (χ2n) is 4.33. The van der Waals surface area contributed by atoms with E-state index in [-0.39, 0.29) is 11.9 Å². The minimum Gasteiger partial charge on any atom is -0.314 e. The molecule has 1 aromatic carbocycles. The minimum atomic E-state index is -0.214. The molecule has 0 aromatic heterocycles. The van der Waals surface area contributed by atoms with Crippen molar-refractivity contribution in [2.24, 2.45) is 0 Å². The van der Waals surface area contributed by atoms with Crippen molar-refractivity contribution >= 4 is 22.6 Å². The molecule has 0 aliphatic carbocycles. The van der Waals surface area contributed by atoms with Crippen LogP contribution in [0, 0.1) is 20.7 Å². The molecule has 18 heavy (non-hydrogen) atoms. The molecule has 2 rings (SSSR count). The highest BCUT2D eigenvalue weighted by Gasteiger charge is 2.24. The molecular weight excluding hydrogens is 344 g/mol. The number of hydrogen-bond acceptors (Lipinski definition) is 3. The molecule has 0 radical (unpaired) electrons. The summed E-state index contributed by atoms with van der Waals surface area (Å²) >= 11 is 2.17. The Bertz CT molecular complexity index is 452. The number of hydrogen-bond donors (Lipinski definition) is 1. The summed E-state index contributed by atoms with van der Waals surface area (Å²) in [6.07, 6.45) is 0.330. The van der Waals surface area contributed by atoms with Crippen LogP contribution in [0.2, 0.25) is 0 Å². The Balaban J connectivity index is 2.28. The molecule has 1 aliphatic rings. The third-order valence-corrected chi connectivity index (χ3v) is 3.87. The van der Waals surface area contributed by atoms with Crippen LogP contribution in [-0.2, 0) is 0 Å². The van der Waals surface area contributed by atoms with Crippen LogP contribution >= 0.6 is 22.6 Å². The van der Waals surface area contributed by atoms with Gasteiger partial charge in [0.15, 0.2) is 0 Å². The van der Waals surface area contributed by atoms with Crippen LogP contribution in [0.4, 0.5) is 4.39 Å². The van der Waals surface area contributed by atoms with Gasteiger partial charge in [-0.1, -0.05) is 0 Å². The molecule has 1 aromatic rings. The van der Waals surface area contributed by atoms with Crippen molar-refractivity contribution in [2.45, 2.75) is 12.5 Å². The molecule has 5 heteroatoms. The van der Waals surface area contributed by atoms with E-state index in [9.17, 15) is 4.39 Å². The number of nitrogens with one attached hydrogen (secondary N) is 1. The van der Waals surface area contributed by atoms with Gasteiger partial charge in [0, 0.05) is 35.3 Å². The number of halogens is 2. The first-order valence-electron chi connectivity index (χ1n) is 5.99. The Labute approximate surface area is 120 Å². The van der Waals surface area contributed by atoms with Crippen molar-refractivity contribution < 1.29 is 4.39 Å². The van der Waals surface area contributed by atoms with Crippen LogP contribution in [0.3, 0.4) is 0 Å². The molecule has 1 aliphatic heterocycles. The monoisotopic (exact) mass is 359 g/mol. The molecule has 0 saturated carbocycles. The number of nitriles is 1.